The molecular formula is C26H38O. The number of hydrogen-bond acceptors (Lipinski definition) is 1. The highest BCUT2D eigenvalue weighted by atomic mass is 16.5. The monoisotopic (exact) mass is 366 g/mol. The van der Waals surface area contributed by atoms with Gasteiger partial charge >= 0.3 is 0 Å². The summed E-state index contributed by atoms with van der Waals surface area (Å²) in [6, 6.07) is 0. The van der Waals surface area contributed by atoms with Gasteiger partial charge in [-0.1, -0.05) is 84.1 Å². The van der Waals surface area contributed by atoms with E-state index in [1.807, 2.05) is 13.0 Å². The van der Waals surface area contributed by atoms with Crippen LogP contribution in [0.2, 0.25) is 0 Å². The van der Waals surface area contributed by atoms with E-state index in [0.717, 1.165) is 5.75 Å². The quantitative estimate of drug-likeness (QED) is 0.476. The molecule has 0 heterocycles. The molecule has 27 heavy (non-hydrogen) atoms. The second kappa shape index (κ2) is 9.26. The van der Waals surface area contributed by atoms with Gasteiger partial charge in [0.2, 0.25) is 0 Å². The highest BCUT2D eigenvalue weighted by molar-refractivity contribution is 5.82. The van der Waals surface area contributed by atoms with Crippen LogP contribution in [0.25, 0.3) is 18.2 Å². The number of benzene rings is 1. The number of hydrogen-bond donors (Lipinski definition) is 0. The molecule has 1 aromatic rings. The van der Waals surface area contributed by atoms with Crippen molar-refractivity contribution in [2.45, 2.75) is 80.1 Å². The molecule has 1 heteroatoms. The van der Waals surface area contributed by atoms with Gasteiger partial charge in [-0.25, -0.2) is 0 Å². The maximum atomic E-state index is 6.31. The lowest BCUT2D eigenvalue weighted by Crippen LogP contribution is -2.22. The zero-order valence-corrected chi connectivity index (χ0v) is 19.0. The second-order valence-electron chi connectivity index (χ2n) is 8.91. The van der Waals surface area contributed by atoms with Gasteiger partial charge in [0.25, 0.3) is 0 Å². The van der Waals surface area contributed by atoms with Gasteiger partial charge in [-0.3, -0.25) is 0 Å². The van der Waals surface area contributed by atoms with Crippen molar-refractivity contribution < 1.29 is 4.74 Å². The molecule has 0 radical (unpaired) electrons. The van der Waals surface area contributed by atoms with Crippen molar-refractivity contribution in [1.82, 2.24) is 0 Å². The van der Waals surface area contributed by atoms with Gasteiger partial charge in [-0.2, -0.15) is 0 Å². The van der Waals surface area contributed by atoms with Crippen LogP contribution < -0.4 is 4.74 Å². The first-order valence-corrected chi connectivity index (χ1v) is 9.95. The summed E-state index contributed by atoms with van der Waals surface area (Å²) in [4.78, 5) is 0. The normalized spacial score (nSPS) is 13.7. The molecule has 0 atom stereocenters. The van der Waals surface area contributed by atoms with Crippen molar-refractivity contribution >= 4 is 18.2 Å². The molecule has 0 spiro atoms. The molecule has 0 aliphatic rings. The third-order valence-electron chi connectivity index (χ3n) is 4.40. The van der Waals surface area contributed by atoms with Crippen LogP contribution in [0.3, 0.4) is 0 Å². The zero-order chi connectivity index (χ0) is 20.8. The molecule has 0 unspecified atom stereocenters. The van der Waals surface area contributed by atoms with Crippen LogP contribution in [0.5, 0.6) is 5.75 Å². The van der Waals surface area contributed by atoms with Crippen molar-refractivity contribution in [1.29, 1.82) is 0 Å². The molecule has 1 nitrogen and oxygen atoms in total. The minimum Gasteiger partial charge on any atom is -0.465 e. The van der Waals surface area contributed by atoms with Crippen molar-refractivity contribution in [2.75, 3.05) is 0 Å². The van der Waals surface area contributed by atoms with Crippen LogP contribution in [-0.4, -0.2) is 0 Å². The summed E-state index contributed by atoms with van der Waals surface area (Å²) in [7, 11) is 0. The van der Waals surface area contributed by atoms with Crippen LogP contribution in [0, 0.1) is 0 Å². The summed E-state index contributed by atoms with van der Waals surface area (Å²) in [5, 5.41) is 0. The topological polar surface area (TPSA) is 9.23 Å². The summed E-state index contributed by atoms with van der Waals surface area (Å²) in [5.74, 6) is 0.988. The van der Waals surface area contributed by atoms with Crippen molar-refractivity contribution in [3.8, 4) is 5.75 Å². The average Bonchev–Trinajstić information content (AvgIpc) is 2.53. The second-order valence-corrected chi connectivity index (χ2v) is 8.91. The fourth-order valence-corrected chi connectivity index (χ4v) is 3.55. The largest absolute Gasteiger partial charge is 0.465 e. The fourth-order valence-electron chi connectivity index (χ4n) is 3.55. The van der Waals surface area contributed by atoms with E-state index in [1.165, 1.54) is 27.8 Å². The van der Waals surface area contributed by atoms with Crippen molar-refractivity contribution in [3.63, 3.8) is 0 Å². The zero-order valence-electron chi connectivity index (χ0n) is 19.0. The maximum Gasteiger partial charge on any atom is 0.135 e. The standard InChI is InChI=1S/C26H38O/c1-11-15-19-20(16-12-2)22(25(5,6)7)24(27-18-14-4)23(26(8,9)10)21(19)17-13-3/h11-18H,1-10H3. The Labute approximate surface area is 167 Å². The van der Waals surface area contributed by atoms with E-state index < -0.39 is 0 Å². The molecule has 148 valence electrons. The van der Waals surface area contributed by atoms with Gasteiger partial charge in [0.1, 0.15) is 5.75 Å². The predicted octanol–water partition coefficient (Wildman–Crippen LogP) is 8.29. The maximum absolute atomic E-state index is 6.31. The fraction of sp³-hybridized carbons (Fsp3) is 0.462. The van der Waals surface area contributed by atoms with Gasteiger partial charge < -0.3 is 4.74 Å². The van der Waals surface area contributed by atoms with Gasteiger partial charge in [0, 0.05) is 11.1 Å². The highest BCUT2D eigenvalue weighted by Gasteiger charge is 2.33. The molecule has 0 saturated carbocycles. The minimum atomic E-state index is -0.0590. The molecule has 0 amide bonds. The van der Waals surface area contributed by atoms with E-state index in [0.29, 0.717) is 0 Å². The van der Waals surface area contributed by atoms with Crippen LogP contribution in [0.1, 0.15) is 97.1 Å². The van der Waals surface area contributed by atoms with E-state index in [2.05, 4.69) is 98.8 Å². The molecule has 0 aliphatic heterocycles. The van der Waals surface area contributed by atoms with Crippen LogP contribution in [0.15, 0.2) is 30.6 Å². The average molecular weight is 367 g/mol. The molecular weight excluding hydrogens is 328 g/mol. The Morgan fingerprint density at radius 1 is 0.556 bits per heavy atom. The first-order chi connectivity index (χ1) is 12.5. The Hall–Kier alpha value is -2.02. The molecule has 0 bridgehead atoms. The molecule has 0 N–H and O–H groups in total. The smallest absolute Gasteiger partial charge is 0.135 e. The third kappa shape index (κ3) is 5.25. The van der Waals surface area contributed by atoms with Crippen LogP contribution >= 0.6 is 0 Å². The van der Waals surface area contributed by atoms with E-state index >= 15 is 0 Å². The molecule has 1 rings (SSSR count). The molecule has 0 aliphatic carbocycles. The van der Waals surface area contributed by atoms with E-state index in [4.69, 9.17) is 4.74 Å². The Kier molecular flexibility index (Phi) is 7.90. The summed E-state index contributed by atoms with van der Waals surface area (Å²) >= 11 is 0. The minimum absolute atomic E-state index is 0.0590. The van der Waals surface area contributed by atoms with Gasteiger partial charge in [0.05, 0.1) is 6.26 Å². The Morgan fingerprint density at radius 2 is 0.926 bits per heavy atom. The van der Waals surface area contributed by atoms with Crippen LogP contribution in [-0.2, 0) is 10.8 Å². The van der Waals surface area contributed by atoms with E-state index in [1.54, 1.807) is 6.26 Å². The predicted molar refractivity (Wildman–Crippen MR) is 123 cm³/mol. The summed E-state index contributed by atoms with van der Waals surface area (Å²) in [5.41, 5.74) is 6.13. The van der Waals surface area contributed by atoms with Crippen LogP contribution in [0.4, 0.5) is 0 Å². The van der Waals surface area contributed by atoms with E-state index in [9.17, 15) is 0 Å². The van der Waals surface area contributed by atoms with Crippen molar-refractivity contribution in [2.24, 2.45) is 0 Å². The number of rotatable bonds is 5. The first kappa shape index (κ1) is 23.0. The summed E-state index contributed by atoms with van der Waals surface area (Å²) < 4.78 is 6.31. The third-order valence-corrected chi connectivity index (χ3v) is 4.40. The SMILES string of the molecule is CC=COc1c(C(C)(C)C)c(C=CC)c(C=CC)c(C=CC)c1C(C)(C)C. The Morgan fingerprint density at radius 3 is 1.22 bits per heavy atom. The molecule has 0 saturated heterocycles. The Balaban J connectivity index is 4.37. The summed E-state index contributed by atoms with van der Waals surface area (Å²) in [6.07, 6.45) is 16.8. The summed E-state index contributed by atoms with van der Waals surface area (Å²) in [6.45, 7) is 21.8. The van der Waals surface area contributed by atoms with Gasteiger partial charge in [-0.15, -0.1) is 0 Å². The molecule has 0 aromatic heterocycles. The lowest BCUT2D eigenvalue weighted by Gasteiger charge is -2.34. The van der Waals surface area contributed by atoms with Gasteiger partial charge in [0.15, 0.2) is 0 Å². The highest BCUT2D eigenvalue weighted by Crippen LogP contribution is 2.47. The Bertz CT molecular complexity index is 706. The lowest BCUT2D eigenvalue weighted by molar-refractivity contribution is 0.430. The van der Waals surface area contributed by atoms with E-state index in [-0.39, 0.29) is 10.8 Å². The van der Waals surface area contributed by atoms with Crippen molar-refractivity contribution in [3.05, 3.63) is 58.4 Å². The molecule has 1 aromatic carbocycles. The number of ether oxygens (including phenoxy) is 1. The number of allylic oxidation sites excluding steroid dienone is 4. The first-order valence-electron chi connectivity index (χ1n) is 9.95. The molecule has 0 fully saturated rings. The van der Waals surface area contributed by atoms with Gasteiger partial charge in [-0.05, 0) is 55.2 Å². The lowest BCUT2D eigenvalue weighted by atomic mass is 9.72.